The van der Waals surface area contributed by atoms with Crippen LogP contribution >= 0.6 is 0 Å². The summed E-state index contributed by atoms with van der Waals surface area (Å²) in [5.41, 5.74) is 7.68. The van der Waals surface area contributed by atoms with Crippen LogP contribution in [-0.4, -0.2) is 28.3 Å². The van der Waals surface area contributed by atoms with Crippen LogP contribution in [0.2, 0.25) is 0 Å². The van der Waals surface area contributed by atoms with Gasteiger partial charge in [0.2, 0.25) is 0 Å². The molecule has 2 aromatic rings. The van der Waals surface area contributed by atoms with Crippen LogP contribution in [0.1, 0.15) is 36.0 Å². The van der Waals surface area contributed by atoms with E-state index >= 15 is 0 Å². The average molecular weight is 260 g/mol. The van der Waals surface area contributed by atoms with Crippen LogP contribution < -0.4 is 11.1 Å². The highest BCUT2D eigenvalue weighted by Crippen LogP contribution is 2.18. The summed E-state index contributed by atoms with van der Waals surface area (Å²) in [4.78, 5) is 12.1. The van der Waals surface area contributed by atoms with Crippen molar-refractivity contribution in [2.75, 3.05) is 0 Å². The third kappa shape index (κ3) is 2.58. The number of carbonyl (C=O) groups excluding carboxylic acids is 1. The highest BCUT2D eigenvalue weighted by molar-refractivity contribution is 5.97. The lowest BCUT2D eigenvalue weighted by atomic mass is 9.91. The lowest BCUT2D eigenvalue weighted by Gasteiger charge is -2.26. The molecule has 100 valence electrons. The van der Waals surface area contributed by atoms with Gasteiger partial charge in [0.05, 0.1) is 0 Å². The number of nitrogens with zero attached hydrogens (tertiary/aromatic N) is 2. The smallest absolute Gasteiger partial charge is 0.251 e. The topological polar surface area (TPSA) is 94.0 Å². The van der Waals surface area contributed by atoms with E-state index < -0.39 is 0 Å². The van der Waals surface area contributed by atoms with Gasteiger partial charge in [0.1, 0.15) is 11.0 Å². The van der Waals surface area contributed by atoms with Crippen molar-refractivity contribution in [1.29, 1.82) is 0 Å². The van der Waals surface area contributed by atoms with Crippen LogP contribution in [0.3, 0.4) is 0 Å². The van der Waals surface area contributed by atoms with Gasteiger partial charge in [-0.3, -0.25) is 4.79 Å². The van der Waals surface area contributed by atoms with Gasteiger partial charge in [-0.2, -0.15) is 0 Å². The zero-order valence-corrected chi connectivity index (χ0v) is 10.5. The van der Waals surface area contributed by atoms with E-state index in [4.69, 9.17) is 5.73 Å². The van der Waals surface area contributed by atoms with Gasteiger partial charge >= 0.3 is 0 Å². The Morgan fingerprint density at radius 1 is 1.21 bits per heavy atom. The van der Waals surface area contributed by atoms with Crippen molar-refractivity contribution in [3.8, 4) is 0 Å². The first-order chi connectivity index (χ1) is 9.22. The molecular formula is C13H16N4O2. The number of amides is 1. The number of hydrogen-bond acceptors (Lipinski definition) is 5. The molecule has 0 aliphatic heterocycles. The van der Waals surface area contributed by atoms with Gasteiger partial charge in [0.15, 0.2) is 0 Å². The highest BCUT2D eigenvalue weighted by Gasteiger charge is 2.20. The van der Waals surface area contributed by atoms with Gasteiger partial charge in [-0.25, -0.2) is 4.63 Å². The molecule has 3 N–H and O–H groups in total. The van der Waals surface area contributed by atoms with Gasteiger partial charge in [-0.05, 0) is 54.2 Å². The maximum absolute atomic E-state index is 12.1. The van der Waals surface area contributed by atoms with E-state index in [9.17, 15) is 4.79 Å². The molecular weight excluding hydrogens is 244 g/mol. The Morgan fingerprint density at radius 3 is 2.74 bits per heavy atom. The number of benzene rings is 1. The fourth-order valence-electron chi connectivity index (χ4n) is 2.46. The van der Waals surface area contributed by atoms with E-state index in [1.807, 2.05) is 0 Å². The van der Waals surface area contributed by atoms with Crippen LogP contribution in [0.4, 0.5) is 0 Å². The molecule has 1 aliphatic carbocycles. The lowest BCUT2D eigenvalue weighted by molar-refractivity contribution is 0.0926. The number of nitrogens with one attached hydrogen (secondary N) is 1. The molecule has 3 rings (SSSR count). The van der Waals surface area contributed by atoms with Gasteiger partial charge in [0.25, 0.3) is 5.91 Å². The monoisotopic (exact) mass is 260 g/mol. The minimum absolute atomic E-state index is 0.0784. The quantitative estimate of drug-likeness (QED) is 0.846. The maximum Gasteiger partial charge on any atom is 0.251 e. The Labute approximate surface area is 110 Å². The normalized spacial score (nSPS) is 23.4. The van der Waals surface area contributed by atoms with Crippen LogP contribution in [0.5, 0.6) is 0 Å². The summed E-state index contributed by atoms with van der Waals surface area (Å²) < 4.78 is 4.62. The Bertz CT molecular complexity index is 587. The fraction of sp³-hybridized carbons (Fsp3) is 0.462. The predicted octanol–water partition coefficient (Wildman–Crippen LogP) is 1.22. The summed E-state index contributed by atoms with van der Waals surface area (Å²) >= 11 is 0. The standard InChI is InChI=1S/C13H16N4O2/c14-9-2-4-10(5-3-9)15-13(18)8-1-6-11-12(7-8)17-19-16-11/h1,6-7,9-10H,2-5,14H2,(H,15,18)/t9-,10-. The number of rotatable bonds is 2. The third-order valence-corrected chi connectivity index (χ3v) is 3.62. The van der Waals surface area contributed by atoms with E-state index in [0.29, 0.717) is 16.6 Å². The molecule has 0 saturated heterocycles. The summed E-state index contributed by atoms with van der Waals surface area (Å²) in [6.07, 6.45) is 3.83. The second kappa shape index (κ2) is 4.97. The molecule has 19 heavy (non-hydrogen) atoms. The Balaban J connectivity index is 1.69. The van der Waals surface area contributed by atoms with Crippen LogP contribution in [-0.2, 0) is 0 Å². The van der Waals surface area contributed by atoms with Crippen molar-refractivity contribution in [2.24, 2.45) is 5.73 Å². The maximum atomic E-state index is 12.1. The van der Waals surface area contributed by atoms with Gasteiger partial charge in [0, 0.05) is 17.6 Å². The van der Waals surface area contributed by atoms with Crippen molar-refractivity contribution in [3.05, 3.63) is 23.8 Å². The molecule has 1 aromatic heterocycles. The molecule has 1 aromatic carbocycles. The molecule has 6 nitrogen and oxygen atoms in total. The lowest BCUT2D eigenvalue weighted by Crippen LogP contribution is -2.40. The number of aromatic nitrogens is 2. The molecule has 0 bridgehead atoms. The molecule has 0 unspecified atom stereocenters. The first-order valence-corrected chi connectivity index (χ1v) is 6.51. The summed E-state index contributed by atoms with van der Waals surface area (Å²) in [6, 6.07) is 5.66. The minimum atomic E-state index is -0.0784. The van der Waals surface area contributed by atoms with Gasteiger partial charge < -0.3 is 11.1 Å². The zero-order valence-electron chi connectivity index (χ0n) is 10.5. The molecule has 1 saturated carbocycles. The largest absolute Gasteiger partial charge is 0.349 e. The van der Waals surface area contributed by atoms with Crippen molar-refractivity contribution < 1.29 is 9.42 Å². The number of nitrogens with two attached hydrogens (primary N) is 1. The summed E-state index contributed by atoms with van der Waals surface area (Å²) in [6.45, 7) is 0. The van der Waals surface area contributed by atoms with Crippen LogP contribution in [0.25, 0.3) is 11.0 Å². The molecule has 1 fully saturated rings. The zero-order chi connectivity index (χ0) is 13.2. The van der Waals surface area contributed by atoms with Crippen molar-refractivity contribution in [2.45, 2.75) is 37.8 Å². The molecule has 6 heteroatoms. The molecule has 1 aliphatic rings. The average Bonchev–Trinajstić information content (AvgIpc) is 2.88. The van der Waals surface area contributed by atoms with E-state index in [1.54, 1.807) is 18.2 Å². The molecule has 0 spiro atoms. The fourth-order valence-corrected chi connectivity index (χ4v) is 2.46. The number of carbonyl (C=O) groups is 1. The van der Waals surface area contributed by atoms with Crippen LogP contribution in [0, 0.1) is 0 Å². The summed E-state index contributed by atoms with van der Waals surface area (Å²) in [5.74, 6) is -0.0784. The Kier molecular flexibility index (Phi) is 3.16. The van der Waals surface area contributed by atoms with E-state index in [2.05, 4.69) is 20.3 Å². The molecule has 0 atom stereocenters. The summed E-state index contributed by atoms with van der Waals surface area (Å²) in [5, 5.41) is 10.5. The van der Waals surface area contributed by atoms with E-state index in [1.165, 1.54) is 0 Å². The number of fused-ring (bicyclic) bond motifs is 1. The summed E-state index contributed by atoms with van der Waals surface area (Å²) in [7, 11) is 0. The van der Waals surface area contributed by atoms with Crippen LogP contribution in [0.15, 0.2) is 22.8 Å². The first kappa shape index (κ1) is 12.1. The second-order valence-electron chi connectivity index (χ2n) is 5.05. The first-order valence-electron chi connectivity index (χ1n) is 6.51. The Morgan fingerprint density at radius 2 is 1.95 bits per heavy atom. The van der Waals surface area contributed by atoms with E-state index in [0.717, 1.165) is 25.7 Å². The minimum Gasteiger partial charge on any atom is -0.349 e. The van der Waals surface area contributed by atoms with Gasteiger partial charge in [-0.1, -0.05) is 0 Å². The Hall–Kier alpha value is -1.95. The second-order valence-corrected chi connectivity index (χ2v) is 5.05. The SMILES string of the molecule is N[C@H]1CC[C@H](NC(=O)c2ccc3nonc3c2)CC1. The van der Waals surface area contributed by atoms with Crippen molar-refractivity contribution in [3.63, 3.8) is 0 Å². The number of hydrogen-bond donors (Lipinski definition) is 2. The van der Waals surface area contributed by atoms with E-state index in [-0.39, 0.29) is 18.0 Å². The molecule has 0 radical (unpaired) electrons. The van der Waals surface area contributed by atoms with Crippen molar-refractivity contribution in [1.82, 2.24) is 15.6 Å². The molecule has 1 amide bonds. The van der Waals surface area contributed by atoms with Gasteiger partial charge in [-0.15, -0.1) is 0 Å². The third-order valence-electron chi connectivity index (χ3n) is 3.62. The highest BCUT2D eigenvalue weighted by atomic mass is 16.6. The molecule has 1 heterocycles. The predicted molar refractivity (Wildman–Crippen MR) is 69.5 cm³/mol. The van der Waals surface area contributed by atoms with Crippen molar-refractivity contribution >= 4 is 16.9 Å².